The van der Waals surface area contributed by atoms with Crippen molar-refractivity contribution in [1.82, 2.24) is 5.32 Å². The third-order valence-corrected chi connectivity index (χ3v) is 3.07. The molecular formula is C15H22F3N. The summed E-state index contributed by atoms with van der Waals surface area (Å²) in [5.41, 5.74) is 2.16. The van der Waals surface area contributed by atoms with Crippen LogP contribution in [0.25, 0.3) is 0 Å². The second-order valence-electron chi connectivity index (χ2n) is 4.84. The van der Waals surface area contributed by atoms with Crippen LogP contribution in [0.15, 0.2) is 24.3 Å². The van der Waals surface area contributed by atoms with E-state index >= 15 is 0 Å². The SMILES string of the molecule is CCCNC(Cc1ccc(CC)cc1)CC(F)(F)F. The molecule has 19 heavy (non-hydrogen) atoms. The molecule has 1 aromatic rings. The molecule has 0 amide bonds. The molecule has 1 aromatic carbocycles. The minimum atomic E-state index is -4.12. The van der Waals surface area contributed by atoms with Crippen molar-refractivity contribution in [3.8, 4) is 0 Å². The van der Waals surface area contributed by atoms with Gasteiger partial charge in [0.15, 0.2) is 0 Å². The van der Waals surface area contributed by atoms with E-state index in [4.69, 9.17) is 0 Å². The van der Waals surface area contributed by atoms with Gasteiger partial charge in [-0.25, -0.2) is 0 Å². The highest BCUT2D eigenvalue weighted by molar-refractivity contribution is 5.23. The molecule has 0 aliphatic carbocycles. The largest absolute Gasteiger partial charge is 0.390 e. The van der Waals surface area contributed by atoms with Gasteiger partial charge in [-0.3, -0.25) is 0 Å². The fraction of sp³-hybridized carbons (Fsp3) is 0.600. The Hall–Kier alpha value is -1.03. The Morgan fingerprint density at radius 1 is 1.05 bits per heavy atom. The van der Waals surface area contributed by atoms with Crippen molar-refractivity contribution >= 4 is 0 Å². The minimum Gasteiger partial charge on any atom is -0.313 e. The molecule has 1 N–H and O–H groups in total. The monoisotopic (exact) mass is 273 g/mol. The first kappa shape index (κ1) is 16.0. The van der Waals surface area contributed by atoms with Gasteiger partial charge in [0.05, 0.1) is 6.42 Å². The Labute approximate surface area is 113 Å². The zero-order valence-corrected chi connectivity index (χ0v) is 11.6. The normalized spacial score (nSPS) is 13.5. The van der Waals surface area contributed by atoms with Gasteiger partial charge in [0.1, 0.15) is 0 Å². The maximum Gasteiger partial charge on any atom is 0.390 e. The molecule has 4 heteroatoms. The average Bonchev–Trinajstić information content (AvgIpc) is 2.35. The fourth-order valence-corrected chi connectivity index (χ4v) is 2.04. The van der Waals surface area contributed by atoms with Gasteiger partial charge in [0.25, 0.3) is 0 Å². The standard InChI is InChI=1S/C15H22F3N/c1-3-9-19-14(11-15(16,17)18)10-13-7-5-12(4-2)6-8-13/h5-8,14,19H,3-4,9-11H2,1-2H3. The molecule has 0 radical (unpaired) electrons. The Bertz CT molecular complexity index is 357. The maximum absolute atomic E-state index is 12.5. The van der Waals surface area contributed by atoms with E-state index in [0.29, 0.717) is 13.0 Å². The first-order valence-electron chi connectivity index (χ1n) is 6.82. The van der Waals surface area contributed by atoms with Gasteiger partial charge in [-0.05, 0) is 36.9 Å². The van der Waals surface area contributed by atoms with E-state index in [9.17, 15) is 13.2 Å². The van der Waals surface area contributed by atoms with E-state index in [1.807, 2.05) is 31.2 Å². The number of rotatable bonds is 7. The second-order valence-corrected chi connectivity index (χ2v) is 4.84. The first-order valence-corrected chi connectivity index (χ1v) is 6.82. The van der Waals surface area contributed by atoms with Crippen molar-refractivity contribution in [3.63, 3.8) is 0 Å². The van der Waals surface area contributed by atoms with Crippen LogP contribution in [0.1, 0.15) is 37.8 Å². The van der Waals surface area contributed by atoms with E-state index in [2.05, 4.69) is 12.2 Å². The first-order chi connectivity index (χ1) is 8.94. The van der Waals surface area contributed by atoms with Crippen LogP contribution in [-0.4, -0.2) is 18.8 Å². The van der Waals surface area contributed by atoms with Crippen LogP contribution in [0.2, 0.25) is 0 Å². The highest BCUT2D eigenvalue weighted by Gasteiger charge is 2.31. The molecule has 0 fully saturated rings. The van der Waals surface area contributed by atoms with Crippen LogP contribution in [0.4, 0.5) is 13.2 Å². The Balaban J connectivity index is 2.63. The summed E-state index contributed by atoms with van der Waals surface area (Å²) in [6.45, 7) is 4.63. The number of aryl methyl sites for hydroxylation is 1. The lowest BCUT2D eigenvalue weighted by Gasteiger charge is -2.20. The summed E-state index contributed by atoms with van der Waals surface area (Å²) in [5, 5.41) is 2.98. The number of halogens is 3. The molecule has 0 spiro atoms. The number of alkyl halides is 3. The summed E-state index contributed by atoms with van der Waals surface area (Å²) in [5.74, 6) is 0. The second kappa shape index (κ2) is 7.53. The van der Waals surface area contributed by atoms with Crippen LogP contribution in [0.3, 0.4) is 0 Å². The molecule has 0 heterocycles. The predicted molar refractivity (Wildman–Crippen MR) is 72.3 cm³/mol. The highest BCUT2D eigenvalue weighted by Crippen LogP contribution is 2.23. The lowest BCUT2D eigenvalue weighted by molar-refractivity contribution is -0.139. The lowest BCUT2D eigenvalue weighted by atomic mass is 10.0. The molecule has 0 saturated heterocycles. The van der Waals surface area contributed by atoms with Gasteiger partial charge < -0.3 is 5.32 Å². The van der Waals surface area contributed by atoms with Crippen molar-refractivity contribution in [2.75, 3.05) is 6.54 Å². The molecule has 0 bridgehead atoms. The molecule has 108 valence electrons. The zero-order chi connectivity index (χ0) is 14.3. The van der Waals surface area contributed by atoms with Crippen LogP contribution >= 0.6 is 0 Å². The number of nitrogens with one attached hydrogen (secondary N) is 1. The van der Waals surface area contributed by atoms with Crippen molar-refractivity contribution in [2.45, 2.75) is 51.7 Å². The van der Waals surface area contributed by atoms with Crippen LogP contribution in [0, 0.1) is 0 Å². The number of benzene rings is 1. The summed E-state index contributed by atoms with van der Waals surface area (Å²) in [7, 11) is 0. The molecule has 0 saturated carbocycles. The summed E-state index contributed by atoms with van der Waals surface area (Å²) >= 11 is 0. The summed E-state index contributed by atoms with van der Waals surface area (Å²) < 4.78 is 37.5. The Morgan fingerprint density at radius 2 is 1.63 bits per heavy atom. The lowest BCUT2D eigenvalue weighted by Crippen LogP contribution is -2.36. The van der Waals surface area contributed by atoms with E-state index in [1.165, 1.54) is 5.56 Å². The van der Waals surface area contributed by atoms with E-state index < -0.39 is 18.6 Å². The molecule has 1 nitrogen and oxygen atoms in total. The molecular weight excluding hydrogens is 251 g/mol. The molecule has 0 aliphatic heterocycles. The Morgan fingerprint density at radius 3 is 2.11 bits per heavy atom. The topological polar surface area (TPSA) is 12.0 Å². The summed E-state index contributed by atoms with van der Waals surface area (Å²) in [6.07, 6.45) is -2.69. The van der Waals surface area contributed by atoms with Gasteiger partial charge in [-0.15, -0.1) is 0 Å². The van der Waals surface area contributed by atoms with Crippen molar-refractivity contribution < 1.29 is 13.2 Å². The third-order valence-electron chi connectivity index (χ3n) is 3.07. The van der Waals surface area contributed by atoms with Gasteiger partial charge in [-0.2, -0.15) is 13.2 Å². The highest BCUT2D eigenvalue weighted by atomic mass is 19.4. The van der Waals surface area contributed by atoms with Gasteiger partial charge in [0, 0.05) is 6.04 Å². The average molecular weight is 273 g/mol. The van der Waals surface area contributed by atoms with Gasteiger partial charge in [-0.1, -0.05) is 38.1 Å². The van der Waals surface area contributed by atoms with Crippen molar-refractivity contribution in [1.29, 1.82) is 0 Å². The van der Waals surface area contributed by atoms with Crippen molar-refractivity contribution in [2.24, 2.45) is 0 Å². The third kappa shape index (κ3) is 6.62. The Kier molecular flexibility index (Phi) is 6.35. The van der Waals surface area contributed by atoms with Gasteiger partial charge >= 0.3 is 6.18 Å². The van der Waals surface area contributed by atoms with E-state index in [1.54, 1.807) is 0 Å². The predicted octanol–water partition coefficient (Wildman–Crippen LogP) is 4.11. The molecule has 1 unspecified atom stereocenters. The number of hydrogen-bond donors (Lipinski definition) is 1. The maximum atomic E-state index is 12.5. The van der Waals surface area contributed by atoms with Crippen LogP contribution < -0.4 is 5.32 Å². The summed E-state index contributed by atoms with van der Waals surface area (Å²) in [6, 6.07) is 7.29. The minimum absolute atomic E-state index is 0.420. The van der Waals surface area contributed by atoms with Crippen LogP contribution in [0.5, 0.6) is 0 Å². The molecule has 0 aliphatic rings. The zero-order valence-electron chi connectivity index (χ0n) is 11.6. The fourth-order valence-electron chi connectivity index (χ4n) is 2.04. The van der Waals surface area contributed by atoms with E-state index in [-0.39, 0.29) is 0 Å². The smallest absolute Gasteiger partial charge is 0.313 e. The molecule has 1 rings (SSSR count). The van der Waals surface area contributed by atoms with Crippen molar-refractivity contribution in [3.05, 3.63) is 35.4 Å². The van der Waals surface area contributed by atoms with Crippen LogP contribution in [-0.2, 0) is 12.8 Å². The number of hydrogen-bond acceptors (Lipinski definition) is 1. The van der Waals surface area contributed by atoms with E-state index in [0.717, 1.165) is 18.4 Å². The molecule has 1 atom stereocenters. The summed E-state index contributed by atoms with van der Waals surface area (Å²) in [4.78, 5) is 0. The molecule has 0 aromatic heterocycles. The van der Waals surface area contributed by atoms with Gasteiger partial charge in [0.2, 0.25) is 0 Å². The quantitative estimate of drug-likeness (QED) is 0.788.